The normalized spacial score (nSPS) is 11.3. The van der Waals surface area contributed by atoms with E-state index in [1.807, 2.05) is 0 Å². The van der Waals surface area contributed by atoms with E-state index in [-0.39, 0.29) is 5.69 Å². The largest absolute Gasteiger partial charge is 0.296 e. The number of sulfonamides is 1. The average molecular weight is 452 g/mol. The highest BCUT2D eigenvalue weighted by Crippen LogP contribution is 2.33. The number of nitrogens with zero attached hydrogens (tertiary/aromatic N) is 2. The highest BCUT2D eigenvalue weighted by molar-refractivity contribution is 9.10. The number of halogens is 1. The maximum Gasteiger partial charge on any atom is 0.296 e. The zero-order chi connectivity index (χ0) is 19.8. The van der Waals surface area contributed by atoms with Crippen molar-refractivity contribution in [2.75, 3.05) is 4.72 Å². The summed E-state index contributed by atoms with van der Waals surface area (Å²) in [7, 11) is -4.37. The van der Waals surface area contributed by atoms with Gasteiger partial charge in [0.15, 0.2) is 4.90 Å². The van der Waals surface area contributed by atoms with Crippen LogP contribution in [0, 0.1) is 20.2 Å². The van der Waals surface area contributed by atoms with E-state index in [1.165, 1.54) is 6.07 Å². The number of nitrogens with one attached hydrogen (secondary N) is 1. The monoisotopic (exact) mass is 451 g/mol. The third-order valence-corrected chi connectivity index (χ3v) is 5.86. The van der Waals surface area contributed by atoms with Crippen molar-refractivity contribution in [2.45, 2.75) is 4.90 Å². The van der Waals surface area contributed by atoms with E-state index >= 15 is 0 Å². The number of benzene rings is 3. The van der Waals surface area contributed by atoms with Crippen LogP contribution >= 0.6 is 15.9 Å². The highest BCUT2D eigenvalue weighted by atomic mass is 79.9. The zero-order valence-electron chi connectivity index (χ0n) is 13.3. The van der Waals surface area contributed by atoms with Crippen molar-refractivity contribution in [2.24, 2.45) is 0 Å². The summed E-state index contributed by atoms with van der Waals surface area (Å²) in [6, 6.07) is 12.5. The first kappa shape index (κ1) is 18.7. The molecule has 0 saturated carbocycles. The van der Waals surface area contributed by atoms with Gasteiger partial charge in [-0.25, -0.2) is 8.42 Å². The van der Waals surface area contributed by atoms with Gasteiger partial charge in [-0.2, -0.15) is 0 Å². The topological polar surface area (TPSA) is 132 Å². The van der Waals surface area contributed by atoms with Gasteiger partial charge < -0.3 is 0 Å². The minimum absolute atomic E-state index is 0.224. The maximum atomic E-state index is 12.7. The molecule has 0 saturated heterocycles. The molecule has 27 heavy (non-hydrogen) atoms. The van der Waals surface area contributed by atoms with Gasteiger partial charge in [0.2, 0.25) is 0 Å². The molecule has 9 nitrogen and oxygen atoms in total. The summed E-state index contributed by atoms with van der Waals surface area (Å²) in [4.78, 5) is 19.6. The number of nitro benzene ring substituents is 2. The van der Waals surface area contributed by atoms with Crippen LogP contribution in [0.25, 0.3) is 10.8 Å². The van der Waals surface area contributed by atoms with Crippen molar-refractivity contribution in [1.29, 1.82) is 0 Å². The standard InChI is InChI=1S/C16H10BrN3O6S/c17-13-6-7-14(12-4-2-1-3-11(12)13)18-27(25,26)16-8-5-10(19(21)22)9-15(16)20(23)24/h1-9,18H. The van der Waals surface area contributed by atoms with Gasteiger partial charge in [-0.05, 0) is 23.6 Å². The van der Waals surface area contributed by atoms with Crippen molar-refractivity contribution in [3.8, 4) is 0 Å². The number of hydrogen-bond acceptors (Lipinski definition) is 6. The van der Waals surface area contributed by atoms with E-state index in [0.29, 0.717) is 11.5 Å². The van der Waals surface area contributed by atoms with E-state index in [2.05, 4.69) is 20.7 Å². The van der Waals surface area contributed by atoms with Crippen molar-refractivity contribution in [1.82, 2.24) is 0 Å². The molecule has 0 amide bonds. The summed E-state index contributed by atoms with van der Waals surface area (Å²) < 4.78 is 28.6. The van der Waals surface area contributed by atoms with Crippen LogP contribution in [-0.2, 0) is 10.0 Å². The summed E-state index contributed by atoms with van der Waals surface area (Å²) in [6.07, 6.45) is 0. The quantitative estimate of drug-likeness (QED) is 0.455. The lowest BCUT2D eigenvalue weighted by molar-refractivity contribution is -0.396. The molecule has 0 bridgehead atoms. The number of anilines is 1. The Balaban J connectivity index is 2.13. The number of fused-ring (bicyclic) bond motifs is 1. The Morgan fingerprint density at radius 3 is 2.19 bits per heavy atom. The molecule has 0 aliphatic carbocycles. The predicted octanol–water partition coefficient (Wildman–Crippen LogP) is 4.22. The molecule has 0 aliphatic heterocycles. The average Bonchev–Trinajstić information content (AvgIpc) is 2.63. The Labute approximate surface area is 161 Å². The molecule has 3 rings (SSSR count). The molecule has 0 aliphatic rings. The molecule has 138 valence electrons. The summed E-state index contributed by atoms with van der Waals surface area (Å²) in [5, 5.41) is 23.4. The molecule has 0 unspecified atom stereocenters. The van der Waals surface area contributed by atoms with Gasteiger partial charge in [0.25, 0.3) is 21.4 Å². The van der Waals surface area contributed by atoms with Crippen LogP contribution in [0.1, 0.15) is 0 Å². The van der Waals surface area contributed by atoms with Crippen LogP contribution in [-0.4, -0.2) is 18.3 Å². The second-order valence-corrected chi connectivity index (χ2v) is 7.92. The Hall–Kier alpha value is -3.05. The number of nitro groups is 2. The van der Waals surface area contributed by atoms with E-state index in [4.69, 9.17) is 0 Å². The van der Waals surface area contributed by atoms with Gasteiger partial charge in [0.1, 0.15) is 0 Å². The lowest BCUT2D eigenvalue weighted by Crippen LogP contribution is -2.15. The van der Waals surface area contributed by atoms with Gasteiger partial charge >= 0.3 is 0 Å². The van der Waals surface area contributed by atoms with Gasteiger partial charge in [0, 0.05) is 15.9 Å². The smallest absolute Gasteiger partial charge is 0.279 e. The molecular formula is C16H10BrN3O6S. The van der Waals surface area contributed by atoms with Crippen molar-refractivity contribution in [3.63, 3.8) is 0 Å². The first-order chi connectivity index (χ1) is 12.7. The fourth-order valence-electron chi connectivity index (χ4n) is 2.54. The minimum Gasteiger partial charge on any atom is -0.279 e. The minimum atomic E-state index is -4.37. The Morgan fingerprint density at radius 2 is 1.56 bits per heavy atom. The molecule has 0 atom stereocenters. The number of hydrogen-bond donors (Lipinski definition) is 1. The first-order valence-corrected chi connectivity index (χ1v) is 9.61. The van der Waals surface area contributed by atoms with E-state index < -0.39 is 36.1 Å². The fourth-order valence-corrected chi connectivity index (χ4v) is 4.25. The second-order valence-electron chi connectivity index (χ2n) is 5.41. The molecule has 0 aromatic heterocycles. The summed E-state index contributed by atoms with van der Waals surface area (Å²) >= 11 is 3.38. The molecule has 0 fully saturated rings. The lowest BCUT2D eigenvalue weighted by atomic mass is 10.1. The molecule has 0 heterocycles. The van der Waals surface area contributed by atoms with Gasteiger partial charge in [-0.3, -0.25) is 25.0 Å². The van der Waals surface area contributed by atoms with E-state index in [1.54, 1.807) is 30.3 Å². The maximum absolute atomic E-state index is 12.7. The van der Waals surface area contributed by atoms with E-state index in [0.717, 1.165) is 22.0 Å². The third-order valence-electron chi connectivity index (χ3n) is 3.75. The summed E-state index contributed by atoms with van der Waals surface area (Å²) in [5.41, 5.74) is -1.23. The second kappa shape index (κ2) is 6.93. The Kier molecular flexibility index (Phi) is 4.81. The Morgan fingerprint density at radius 1 is 0.889 bits per heavy atom. The van der Waals surface area contributed by atoms with E-state index in [9.17, 15) is 28.6 Å². The highest BCUT2D eigenvalue weighted by Gasteiger charge is 2.29. The zero-order valence-corrected chi connectivity index (χ0v) is 15.7. The summed E-state index contributed by atoms with van der Waals surface area (Å²) in [6.45, 7) is 0. The van der Waals surface area contributed by atoms with Crippen LogP contribution in [0.15, 0.2) is 64.0 Å². The van der Waals surface area contributed by atoms with Crippen LogP contribution in [0.4, 0.5) is 17.1 Å². The summed E-state index contributed by atoms with van der Waals surface area (Å²) in [5.74, 6) is 0. The van der Waals surface area contributed by atoms with Crippen LogP contribution in [0.5, 0.6) is 0 Å². The molecule has 0 radical (unpaired) electrons. The molecular weight excluding hydrogens is 442 g/mol. The number of rotatable bonds is 5. The fraction of sp³-hybridized carbons (Fsp3) is 0. The van der Waals surface area contributed by atoms with Crippen molar-refractivity contribution >= 4 is 53.8 Å². The lowest BCUT2D eigenvalue weighted by Gasteiger charge is -2.12. The SMILES string of the molecule is O=[N+]([O-])c1ccc(S(=O)(=O)Nc2ccc(Br)c3ccccc23)c([N+](=O)[O-])c1. The van der Waals surface area contributed by atoms with Crippen LogP contribution in [0.2, 0.25) is 0 Å². The van der Waals surface area contributed by atoms with Gasteiger partial charge in [-0.15, -0.1) is 0 Å². The third kappa shape index (κ3) is 3.59. The predicted molar refractivity (Wildman–Crippen MR) is 102 cm³/mol. The Bertz CT molecular complexity index is 1200. The van der Waals surface area contributed by atoms with Gasteiger partial charge in [-0.1, -0.05) is 40.2 Å². The van der Waals surface area contributed by atoms with Crippen LogP contribution < -0.4 is 4.72 Å². The molecule has 11 heteroatoms. The first-order valence-electron chi connectivity index (χ1n) is 7.33. The van der Waals surface area contributed by atoms with Gasteiger partial charge in [0.05, 0.1) is 21.6 Å². The molecule has 3 aromatic rings. The number of non-ortho nitro benzene ring substituents is 1. The molecule has 1 N–H and O–H groups in total. The molecule has 0 spiro atoms. The molecule has 3 aromatic carbocycles. The van der Waals surface area contributed by atoms with Crippen LogP contribution in [0.3, 0.4) is 0 Å². The van der Waals surface area contributed by atoms with Crippen molar-refractivity contribution < 1.29 is 18.3 Å². The van der Waals surface area contributed by atoms with Crippen molar-refractivity contribution in [3.05, 3.63) is 79.3 Å².